The van der Waals surface area contributed by atoms with E-state index >= 15 is 0 Å². The molecule has 0 radical (unpaired) electrons. The van der Waals surface area contributed by atoms with Crippen LogP contribution in [0.25, 0.3) is 0 Å². The van der Waals surface area contributed by atoms with E-state index in [2.05, 4.69) is 5.32 Å². The fourth-order valence-electron chi connectivity index (χ4n) is 3.28. The maximum absolute atomic E-state index is 13.1. The number of hydrogen-bond acceptors (Lipinski definition) is 3. The number of carbonyl (C=O) groups is 2. The summed E-state index contributed by atoms with van der Waals surface area (Å²) in [6.07, 6.45) is -3.09. The summed E-state index contributed by atoms with van der Waals surface area (Å²) < 4.78 is 44.4. The van der Waals surface area contributed by atoms with Crippen molar-refractivity contribution in [1.29, 1.82) is 0 Å². The van der Waals surface area contributed by atoms with E-state index in [0.29, 0.717) is 39.1 Å². The minimum Gasteiger partial charge on any atom is -0.378 e. The second kappa shape index (κ2) is 7.51. The molecular weight excluding hydrogens is 313 g/mol. The normalized spacial score (nSPS) is 27.4. The van der Waals surface area contributed by atoms with Gasteiger partial charge in [0.15, 0.2) is 0 Å². The Labute approximate surface area is 133 Å². The molecule has 2 rings (SSSR count). The van der Waals surface area contributed by atoms with Crippen LogP contribution in [-0.4, -0.2) is 55.2 Å². The van der Waals surface area contributed by atoms with Crippen molar-refractivity contribution >= 4 is 11.8 Å². The number of alkyl halides is 3. The van der Waals surface area contributed by atoms with Gasteiger partial charge in [0.2, 0.25) is 11.8 Å². The Morgan fingerprint density at radius 3 is 2.39 bits per heavy atom. The number of amides is 2. The van der Waals surface area contributed by atoms with Crippen LogP contribution in [-0.2, 0) is 14.3 Å². The summed E-state index contributed by atoms with van der Waals surface area (Å²) in [5.74, 6) is -3.65. The summed E-state index contributed by atoms with van der Waals surface area (Å²) in [5, 5.41) is 2.48. The highest BCUT2D eigenvalue weighted by molar-refractivity contribution is 5.88. The zero-order valence-electron chi connectivity index (χ0n) is 13.2. The third-order valence-corrected chi connectivity index (χ3v) is 4.58. The van der Waals surface area contributed by atoms with Gasteiger partial charge in [0.1, 0.15) is 6.04 Å². The number of nitrogens with one attached hydrogen (secondary N) is 1. The highest BCUT2D eigenvalue weighted by Crippen LogP contribution is 2.41. The van der Waals surface area contributed by atoms with E-state index in [1.807, 2.05) is 0 Å². The number of ether oxygens (including phenoxy) is 1. The van der Waals surface area contributed by atoms with Crippen molar-refractivity contribution in [2.45, 2.75) is 44.8 Å². The van der Waals surface area contributed by atoms with Crippen molar-refractivity contribution in [2.75, 3.05) is 26.3 Å². The molecule has 0 bridgehead atoms. The molecule has 3 unspecified atom stereocenters. The molecule has 0 aromatic rings. The van der Waals surface area contributed by atoms with Crippen LogP contribution in [0.4, 0.5) is 13.2 Å². The van der Waals surface area contributed by atoms with Crippen molar-refractivity contribution in [2.24, 2.45) is 11.8 Å². The summed E-state index contributed by atoms with van der Waals surface area (Å²) in [6, 6.07) is -0.823. The monoisotopic (exact) mass is 336 g/mol. The lowest BCUT2D eigenvalue weighted by atomic mass is 9.78. The fourth-order valence-corrected chi connectivity index (χ4v) is 3.28. The standard InChI is InChI=1S/C15H23F3N2O3/c1-10(14(22)20-6-8-23-9-7-20)19-13(21)11-4-2-3-5-12(11)15(16,17)18/h10-12H,2-9H2,1H3,(H,19,21). The highest BCUT2D eigenvalue weighted by Gasteiger charge is 2.48. The summed E-state index contributed by atoms with van der Waals surface area (Å²) in [4.78, 5) is 26.0. The molecule has 1 heterocycles. The molecule has 0 aromatic heterocycles. The summed E-state index contributed by atoms with van der Waals surface area (Å²) >= 11 is 0. The summed E-state index contributed by atoms with van der Waals surface area (Å²) in [7, 11) is 0. The van der Waals surface area contributed by atoms with Gasteiger partial charge in [-0.2, -0.15) is 13.2 Å². The smallest absolute Gasteiger partial charge is 0.378 e. The predicted molar refractivity (Wildman–Crippen MR) is 76.5 cm³/mol. The van der Waals surface area contributed by atoms with E-state index in [9.17, 15) is 22.8 Å². The minimum atomic E-state index is -4.38. The molecule has 1 saturated carbocycles. The van der Waals surface area contributed by atoms with Crippen LogP contribution in [0.3, 0.4) is 0 Å². The minimum absolute atomic E-state index is 0.0205. The van der Waals surface area contributed by atoms with E-state index in [1.54, 1.807) is 4.90 Å². The lowest BCUT2D eigenvalue weighted by molar-refractivity contribution is -0.198. The Morgan fingerprint density at radius 2 is 1.78 bits per heavy atom. The van der Waals surface area contributed by atoms with Gasteiger partial charge in [-0.15, -0.1) is 0 Å². The molecule has 0 spiro atoms. The molecule has 1 N–H and O–H groups in total. The molecule has 5 nitrogen and oxygen atoms in total. The first-order valence-electron chi connectivity index (χ1n) is 8.04. The van der Waals surface area contributed by atoms with Crippen molar-refractivity contribution in [3.05, 3.63) is 0 Å². The predicted octanol–water partition coefficient (Wildman–Crippen LogP) is 1.72. The lowest BCUT2D eigenvalue weighted by Gasteiger charge is -2.34. The number of nitrogens with zero attached hydrogens (tertiary/aromatic N) is 1. The van der Waals surface area contributed by atoms with Gasteiger partial charge < -0.3 is 15.0 Å². The van der Waals surface area contributed by atoms with Crippen LogP contribution in [0.5, 0.6) is 0 Å². The molecule has 2 fully saturated rings. The average Bonchev–Trinajstić information content (AvgIpc) is 2.54. The topological polar surface area (TPSA) is 58.6 Å². The molecule has 3 atom stereocenters. The summed E-state index contributed by atoms with van der Waals surface area (Å²) in [6.45, 7) is 3.26. The number of carbonyl (C=O) groups excluding carboxylic acids is 2. The van der Waals surface area contributed by atoms with Gasteiger partial charge in [-0.05, 0) is 19.8 Å². The number of halogens is 3. The first-order chi connectivity index (χ1) is 10.8. The number of hydrogen-bond donors (Lipinski definition) is 1. The molecule has 1 aliphatic carbocycles. The number of rotatable bonds is 3. The van der Waals surface area contributed by atoms with Crippen LogP contribution < -0.4 is 5.32 Å². The van der Waals surface area contributed by atoms with E-state index in [4.69, 9.17) is 4.74 Å². The largest absolute Gasteiger partial charge is 0.392 e. The molecule has 1 aliphatic heterocycles. The van der Waals surface area contributed by atoms with Crippen LogP contribution in [0, 0.1) is 11.8 Å². The van der Waals surface area contributed by atoms with Gasteiger partial charge in [-0.25, -0.2) is 0 Å². The van der Waals surface area contributed by atoms with Crippen molar-refractivity contribution < 1.29 is 27.5 Å². The third-order valence-electron chi connectivity index (χ3n) is 4.58. The van der Waals surface area contributed by atoms with Gasteiger partial charge in [-0.1, -0.05) is 12.8 Å². The van der Waals surface area contributed by atoms with Crippen LogP contribution >= 0.6 is 0 Å². The second-order valence-electron chi connectivity index (χ2n) is 6.21. The second-order valence-corrected chi connectivity index (χ2v) is 6.21. The first kappa shape index (κ1) is 18.0. The van der Waals surface area contributed by atoms with Gasteiger partial charge in [-0.3, -0.25) is 9.59 Å². The van der Waals surface area contributed by atoms with Crippen molar-refractivity contribution in [3.63, 3.8) is 0 Å². The molecule has 2 aliphatic rings. The van der Waals surface area contributed by atoms with Crippen molar-refractivity contribution in [3.8, 4) is 0 Å². The van der Waals surface area contributed by atoms with Gasteiger partial charge >= 0.3 is 6.18 Å². The van der Waals surface area contributed by atoms with E-state index < -0.39 is 30.0 Å². The Kier molecular flexibility index (Phi) is 5.89. The Hall–Kier alpha value is -1.31. The maximum Gasteiger partial charge on any atom is 0.392 e. The third kappa shape index (κ3) is 4.59. The maximum atomic E-state index is 13.1. The lowest BCUT2D eigenvalue weighted by Crippen LogP contribution is -2.53. The zero-order chi connectivity index (χ0) is 17.0. The Morgan fingerprint density at radius 1 is 1.17 bits per heavy atom. The van der Waals surface area contributed by atoms with Crippen LogP contribution in [0.2, 0.25) is 0 Å². The van der Waals surface area contributed by atoms with E-state index in [1.165, 1.54) is 6.92 Å². The van der Waals surface area contributed by atoms with E-state index in [-0.39, 0.29) is 18.7 Å². The number of morpholine rings is 1. The van der Waals surface area contributed by atoms with Gasteiger partial charge in [0.25, 0.3) is 0 Å². The molecule has 23 heavy (non-hydrogen) atoms. The Balaban J connectivity index is 1.94. The molecule has 132 valence electrons. The zero-order valence-corrected chi connectivity index (χ0v) is 13.2. The average molecular weight is 336 g/mol. The SMILES string of the molecule is CC(NC(=O)C1CCCCC1C(F)(F)F)C(=O)N1CCOCC1. The molecule has 1 saturated heterocycles. The Bertz CT molecular complexity index is 436. The van der Waals surface area contributed by atoms with Gasteiger partial charge in [0, 0.05) is 19.0 Å². The molecule has 2 amide bonds. The summed E-state index contributed by atoms with van der Waals surface area (Å²) in [5.41, 5.74) is 0. The fraction of sp³-hybridized carbons (Fsp3) is 0.867. The van der Waals surface area contributed by atoms with Gasteiger partial charge in [0.05, 0.1) is 19.1 Å². The molecule has 8 heteroatoms. The quantitative estimate of drug-likeness (QED) is 0.854. The van der Waals surface area contributed by atoms with Crippen molar-refractivity contribution in [1.82, 2.24) is 10.2 Å². The molecular formula is C15H23F3N2O3. The van der Waals surface area contributed by atoms with Crippen LogP contribution in [0.15, 0.2) is 0 Å². The van der Waals surface area contributed by atoms with E-state index in [0.717, 1.165) is 0 Å². The molecule has 0 aromatic carbocycles. The highest BCUT2D eigenvalue weighted by atomic mass is 19.4. The van der Waals surface area contributed by atoms with Crippen LogP contribution in [0.1, 0.15) is 32.6 Å². The first-order valence-corrected chi connectivity index (χ1v) is 8.04.